The summed E-state index contributed by atoms with van der Waals surface area (Å²) in [7, 11) is 0. The third kappa shape index (κ3) is 4.34. The Morgan fingerprint density at radius 3 is 3.00 bits per heavy atom. The molecule has 2 amide bonds. The molecular formula is C17H20N4O4. The van der Waals surface area contributed by atoms with Crippen LogP contribution in [0.3, 0.4) is 0 Å². The molecule has 1 aliphatic rings. The average Bonchev–Trinajstić information content (AvgIpc) is 3.22. The molecule has 8 heteroatoms. The molecule has 1 aliphatic heterocycles. The zero-order valence-corrected chi connectivity index (χ0v) is 14.2. The maximum Gasteiger partial charge on any atom is 0.292 e. The van der Waals surface area contributed by atoms with Gasteiger partial charge in [0.05, 0.1) is 24.5 Å². The van der Waals surface area contributed by atoms with Crippen molar-refractivity contribution in [1.82, 2.24) is 20.4 Å². The Morgan fingerprint density at radius 2 is 2.28 bits per heavy atom. The second kappa shape index (κ2) is 7.33. The van der Waals surface area contributed by atoms with Crippen molar-refractivity contribution in [2.45, 2.75) is 32.9 Å². The van der Waals surface area contributed by atoms with Crippen molar-refractivity contribution in [2.24, 2.45) is 0 Å². The van der Waals surface area contributed by atoms with E-state index in [1.54, 1.807) is 36.2 Å². The predicted octanol–water partition coefficient (Wildman–Crippen LogP) is 1.31. The highest BCUT2D eigenvalue weighted by atomic mass is 16.5. The van der Waals surface area contributed by atoms with Crippen LogP contribution in [0, 0.1) is 6.92 Å². The minimum absolute atomic E-state index is 0.0935. The first kappa shape index (κ1) is 16.9. The van der Waals surface area contributed by atoms with E-state index in [0.29, 0.717) is 31.1 Å². The van der Waals surface area contributed by atoms with Crippen molar-refractivity contribution < 1.29 is 18.8 Å². The molecule has 0 radical (unpaired) electrons. The maximum atomic E-state index is 12.3. The number of hydrogen-bond donors (Lipinski definition) is 1. The van der Waals surface area contributed by atoms with E-state index >= 15 is 0 Å². The van der Waals surface area contributed by atoms with Crippen molar-refractivity contribution in [3.05, 3.63) is 41.5 Å². The highest BCUT2D eigenvalue weighted by Gasteiger charge is 2.30. The van der Waals surface area contributed by atoms with Crippen LogP contribution < -0.4 is 10.1 Å². The Balaban J connectivity index is 1.57. The molecule has 132 valence electrons. The van der Waals surface area contributed by atoms with Gasteiger partial charge in [-0.3, -0.25) is 14.6 Å². The van der Waals surface area contributed by atoms with Gasteiger partial charge >= 0.3 is 0 Å². The van der Waals surface area contributed by atoms with Crippen molar-refractivity contribution in [2.75, 3.05) is 13.1 Å². The summed E-state index contributed by atoms with van der Waals surface area (Å²) in [6, 6.07) is 5.19. The topological polar surface area (TPSA) is 97.6 Å². The van der Waals surface area contributed by atoms with Crippen molar-refractivity contribution >= 4 is 11.8 Å². The van der Waals surface area contributed by atoms with Gasteiger partial charge < -0.3 is 19.5 Å². The highest BCUT2D eigenvalue weighted by Crippen LogP contribution is 2.20. The number of aryl methyl sites for hydroxylation is 1. The van der Waals surface area contributed by atoms with Gasteiger partial charge in [0, 0.05) is 38.2 Å². The van der Waals surface area contributed by atoms with Crippen LogP contribution in [0.25, 0.3) is 0 Å². The number of nitrogens with one attached hydrogen (secondary N) is 1. The Hall–Kier alpha value is -2.90. The van der Waals surface area contributed by atoms with E-state index in [1.807, 2.05) is 0 Å². The molecular weight excluding hydrogens is 324 g/mol. The molecule has 0 saturated carbocycles. The van der Waals surface area contributed by atoms with Crippen LogP contribution in [0.1, 0.15) is 35.3 Å². The first-order valence-corrected chi connectivity index (χ1v) is 8.10. The second-order valence-electron chi connectivity index (χ2n) is 6.00. The zero-order valence-electron chi connectivity index (χ0n) is 14.2. The van der Waals surface area contributed by atoms with Crippen LogP contribution in [0.15, 0.2) is 28.9 Å². The molecule has 8 nitrogen and oxygen atoms in total. The van der Waals surface area contributed by atoms with Crippen LogP contribution in [0.4, 0.5) is 0 Å². The van der Waals surface area contributed by atoms with Gasteiger partial charge in [0.25, 0.3) is 5.91 Å². The van der Waals surface area contributed by atoms with Gasteiger partial charge in [-0.1, -0.05) is 5.16 Å². The molecule has 1 fully saturated rings. The molecule has 0 bridgehead atoms. The first-order chi connectivity index (χ1) is 12.0. The molecule has 0 aliphatic carbocycles. The molecule has 1 N–H and O–H groups in total. The van der Waals surface area contributed by atoms with Crippen molar-refractivity contribution in [1.29, 1.82) is 0 Å². The normalized spacial score (nSPS) is 16.7. The fraction of sp³-hybridized carbons (Fsp3) is 0.412. The summed E-state index contributed by atoms with van der Waals surface area (Å²) < 4.78 is 11.0. The monoisotopic (exact) mass is 344 g/mol. The lowest BCUT2D eigenvalue weighted by Crippen LogP contribution is -2.30. The van der Waals surface area contributed by atoms with Gasteiger partial charge in [-0.15, -0.1) is 0 Å². The Labute approximate surface area is 145 Å². The SMILES string of the molecule is CC(=O)NCc1cc(OC2CCN(C(=O)c3cc(C)no3)C2)ccn1. The summed E-state index contributed by atoms with van der Waals surface area (Å²) in [6.45, 7) is 4.68. The van der Waals surface area contributed by atoms with Gasteiger partial charge in [0.15, 0.2) is 0 Å². The van der Waals surface area contributed by atoms with Gasteiger partial charge in [0.2, 0.25) is 11.7 Å². The summed E-state index contributed by atoms with van der Waals surface area (Å²) in [6.07, 6.45) is 2.29. The lowest BCUT2D eigenvalue weighted by atomic mass is 10.3. The fourth-order valence-electron chi connectivity index (χ4n) is 2.66. The third-order valence-electron chi connectivity index (χ3n) is 3.88. The molecule has 1 saturated heterocycles. The molecule has 2 aromatic heterocycles. The lowest BCUT2D eigenvalue weighted by Gasteiger charge is -2.16. The molecule has 25 heavy (non-hydrogen) atoms. The highest BCUT2D eigenvalue weighted by molar-refractivity contribution is 5.91. The van der Waals surface area contributed by atoms with Crippen LogP contribution in [-0.2, 0) is 11.3 Å². The molecule has 3 rings (SSSR count). The van der Waals surface area contributed by atoms with Gasteiger partial charge in [-0.25, -0.2) is 0 Å². The standard InChI is InChI=1S/C17H20N4O4/c1-11-7-16(25-20-11)17(23)21-6-4-15(10-21)24-14-3-5-18-13(8-14)9-19-12(2)22/h3,5,7-8,15H,4,6,9-10H2,1-2H3,(H,19,22). The summed E-state index contributed by atoms with van der Waals surface area (Å²) >= 11 is 0. The Morgan fingerprint density at radius 1 is 1.44 bits per heavy atom. The smallest absolute Gasteiger partial charge is 0.292 e. The van der Waals surface area contributed by atoms with Crippen LogP contribution in [0.2, 0.25) is 0 Å². The van der Waals surface area contributed by atoms with Crippen LogP contribution in [-0.4, -0.2) is 46.0 Å². The number of nitrogens with zero attached hydrogens (tertiary/aromatic N) is 3. The maximum absolute atomic E-state index is 12.3. The zero-order chi connectivity index (χ0) is 17.8. The molecule has 1 atom stereocenters. The van der Waals surface area contributed by atoms with E-state index in [2.05, 4.69) is 15.5 Å². The van der Waals surface area contributed by atoms with E-state index < -0.39 is 0 Å². The van der Waals surface area contributed by atoms with Gasteiger partial charge in [0.1, 0.15) is 11.9 Å². The number of carbonyl (C=O) groups excluding carboxylic acids is 2. The predicted molar refractivity (Wildman–Crippen MR) is 87.9 cm³/mol. The summed E-state index contributed by atoms with van der Waals surface area (Å²) in [5.74, 6) is 0.637. The molecule has 1 unspecified atom stereocenters. The number of pyridine rings is 1. The van der Waals surface area contributed by atoms with Gasteiger partial charge in [-0.2, -0.15) is 0 Å². The summed E-state index contributed by atoms with van der Waals surface area (Å²) in [5.41, 5.74) is 1.40. The number of amides is 2. The molecule has 2 aromatic rings. The van der Waals surface area contributed by atoms with E-state index in [-0.39, 0.29) is 23.7 Å². The van der Waals surface area contributed by atoms with Crippen molar-refractivity contribution in [3.8, 4) is 5.75 Å². The largest absolute Gasteiger partial charge is 0.488 e. The van der Waals surface area contributed by atoms with Crippen LogP contribution >= 0.6 is 0 Å². The lowest BCUT2D eigenvalue weighted by molar-refractivity contribution is -0.119. The molecule has 3 heterocycles. The van der Waals surface area contributed by atoms with Crippen LogP contribution in [0.5, 0.6) is 5.75 Å². The molecule has 0 aromatic carbocycles. The third-order valence-corrected chi connectivity index (χ3v) is 3.88. The number of rotatable bonds is 5. The van der Waals surface area contributed by atoms with Crippen molar-refractivity contribution in [3.63, 3.8) is 0 Å². The Bertz CT molecular complexity index is 774. The minimum atomic E-state index is -0.173. The minimum Gasteiger partial charge on any atom is -0.488 e. The number of likely N-dealkylation sites (tertiary alicyclic amines) is 1. The Kier molecular flexibility index (Phi) is 4.97. The number of ether oxygens (including phenoxy) is 1. The number of aromatic nitrogens is 2. The number of hydrogen-bond acceptors (Lipinski definition) is 6. The summed E-state index contributed by atoms with van der Waals surface area (Å²) in [5, 5.41) is 6.44. The quantitative estimate of drug-likeness (QED) is 0.878. The molecule has 0 spiro atoms. The number of carbonyl (C=O) groups is 2. The van der Waals surface area contributed by atoms with E-state index in [9.17, 15) is 9.59 Å². The van der Waals surface area contributed by atoms with E-state index in [0.717, 1.165) is 12.1 Å². The van der Waals surface area contributed by atoms with E-state index in [4.69, 9.17) is 9.26 Å². The van der Waals surface area contributed by atoms with Gasteiger partial charge in [-0.05, 0) is 13.0 Å². The average molecular weight is 344 g/mol. The summed E-state index contributed by atoms with van der Waals surface area (Å²) in [4.78, 5) is 29.2. The fourth-order valence-corrected chi connectivity index (χ4v) is 2.66. The second-order valence-corrected chi connectivity index (χ2v) is 6.00. The van der Waals surface area contributed by atoms with E-state index in [1.165, 1.54) is 6.92 Å². The first-order valence-electron chi connectivity index (χ1n) is 8.10.